The Bertz CT molecular complexity index is 521. The molecule has 1 aromatic heterocycles. The van der Waals surface area contributed by atoms with E-state index in [1.54, 1.807) is 6.07 Å². The minimum atomic E-state index is -0.530. The van der Waals surface area contributed by atoms with Gasteiger partial charge in [0.2, 0.25) is 0 Å². The number of hydrogen-bond acceptors (Lipinski definition) is 5. The largest absolute Gasteiger partial charge is 0.508 e. The van der Waals surface area contributed by atoms with Crippen molar-refractivity contribution in [1.82, 2.24) is 0 Å². The SMILES string of the molecule is Nc1cc2cc(O)cc([N+](=O)[O-])c2s1. The molecule has 6 heteroatoms. The molecule has 3 N–H and O–H groups in total. The smallest absolute Gasteiger partial charge is 0.290 e. The topological polar surface area (TPSA) is 89.4 Å². The summed E-state index contributed by atoms with van der Waals surface area (Å²) in [6.45, 7) is 0. The number of fused-ring (bicyclic) bond motifs is 1. The average molecular weight is 210 g/mol. The highest BCUT2D eigenvalue weighted by Crippen LogP contribution is 2.37. The molecule has 0 aliphatic rings. The van der Waals surface area contributed by atoms with E-state index in [0.717, 1.165) is 17.4 Å². The molecule has 0 amide bonds. The quantitative estimate of drug-likeness (QED) is 0.557. The molecule has 0 fully saturated rings. The van der Waals surface area contributed by atoms with Crippen LogP contribution in [0.3, 0.4) is 0 Å². The zero-order chi connectivity index (χ0) is 10.3. The number of anilines is 1. The third-order valence-corrected chi connectivity index (χ3v) is 2.80. The lowest BCUT2D eigenvalue weighted by Gasteiger charge is -1.94. The van der Waals surface area contributed by atoms with Crippen LogP contribution in [0.5, 0.6) is 5.75 Å². The number of rotatable bonds is 1. The van der Waals surface area contributed by atoms with E-state index in [4.69, 9.17) is 5.73 Å². The molecular formula is C8H6N2O3S. The fraction of sp³-hybridized carbons (Fsp3) is 0. The van der Waals surface area contributed by atoms with Gasteiger partial charge in [0.25, 0.3) is 5.69 Å². The number of hydrogen-bond donors (Lipinski definition) is 2. The van der Waals surface area contributed by atoms with Gasteiger partial charge in [-0.15, -0.1) is 11.3 Å². The third-order valence-electron chi connectivity index (χ3n) is 1.80. The number of nitrogen functional groups attached to an aromatic ring is 1. The number of nitro benzene ring substituents is 1. The van der Waals surface area contributed by atoms with Gasteiger partial charge in [0.05, 0.1) is 16.0 Å². The molecule has 0 radical (unpaired) electrons. The van der Waals surface area contributed by atoms with E-state index in [0.29, 0.717) is 15.1 Å². The molecule has 0 atom stereocenters. The van der Waals surface area contributed by atoms with Gasteiger partial charge in [0.15, 0.2) is 0 Å². The highest BCUT2D eigenvalue weighted by Gasteiger charge is 2.15. The van der Waals surface area contributed by atoms with Crippen molar-refractivity contribution in [2.24, 2.45) is 0 Å². The minimum absolute atomic E-state index is 0.110. The predicted molar refractivity (Wildman–Crippen MR) is 54.6 cm³/mol. The zero-order valence-electron chi connectivity index (χ0n) is 6.93. The van der Waals surface area contributed by atoms with E-state index in [2.05, 4.69) is 0 Å². The predicted octanol–water partition coefficient (Wildman–Crippen LogP) is 2.10. The molecule has 0 saturated carbocycles. The van der Waals surface area contributed by atoms with Crippen molar-refractivity contribution in [2.75, 3.05) is 5.73 Å². The monoisotopic (exact) mass is 210 g/mol. The van der Waals surface area contributed by atoms with Gasteiger partial charge in [0.1, 0.15) is 10.4 Å². The van der Waals surface area contributed by atoms with E-state index in [1.807, 2.05) is 0 Å². The van der Waals surface area contributed by atoms with Gasteiger partial charge in [-0.1, -0.05) is 0 Å². The van der Waals surface area contributed by atoms with Gasteiger partial charge >= 0.3 is 0 Å². The Kier molecular flexibility index (Phi) is 1.78. The molecule has 0 aliphatic heterocycles. The van der Waals surface area contributed by atoms with Gasteiger partial charge in [-0.2, -0.15) is 0 Å². The molecule has 0 saturated heterocycles. The molecule has 2 rings (SSSR count). The first-order chi connectivity index (χ1) is 6.58. The van der Waals surface area contributed by atoms with Gasteiger partial charge < -0.3 is 10.8 Å². The Hall–Kier alpha value is -1.82. The maximum Gasteiger partial charge on any atom is 0.290 e. The molecule has 1 aromatic carbocycles. The van der Waals surface area contributed by atoms with Crippen molar-refractivity contribution in [2.45, 2.75) is 0 Å². The number of thiophene rings is 1. The molecule has 0 bridgehead atoms. The number of nitro groups is 1. The van der Waals surface area contributed by atoms with Gasteiger partial charge in [-0.05, 0) is 12.1 Å². The second-order valence-corrected chi connectivity index (χ2v) is 3.87. The van der Waals surface area contributed by atoms with Crippen molar-refractivity contribution in [3.63, 3.8) is 0 Å². The van der Waals surface area contributed by atoms with Crippen LogP contribution in [0, 0.1) is 10.1 Å². The van der Waals surface area contributed by atoms with E-state index < -0.39 is 4.92 Å². The second-order valence-electron chi connectivity index (χ2n) is 2.79. The highest BCUT2D eigenvalue weighted by molar-refractivity contribution is 7.23. The first kappa shape index (κ1) is 8.76. The first-order valence-electron chi connectivity index (χ1n) is 3.74. The highest BCUT2D eigenvalue weighted by atomic mass is 32.1. The minimum Gasteiger partial charge on any atom is -0.508 e. The molecule has 1 heterocycles. The second kappa shape index (κ2) is 2.85. The number of aromatic hydroxyl groups is 1. The Morgan fingerprint density at radius 2 is 2.14 bits per heavy atom. The molecule has 5 nitrogen and oxygen atoms in total. The fourth-order valence-corrected chi connectivity index (χ4v) is 2.17. The number of nitrogens with two attached hydrogens (primary N) is 1. The van der Waals surface area contributed by atoms with Crippen LogP contribution in [0.25, 0.3) is 10.1 Å². The summed E-state index contributed by atoms with van der Waals surface area (Å²) < 4.78 is 0.491. The normalized spacial score (nSPS) is 10.6. The Morgan fingerprint density at radius 1 is 1.43 bits per heavy atom. The van der Waals surface area contributed by atoms with E-state index >= 15 is 0 Å². The first-order valence-corrected chi connectivity index (χ1v) is 4.56. The molecule has 14 heavy (non-hydrogen) atoms. The van der Waals surface area contributed by atoms with E-state index in [-0.39, 0.29) is 11.4 Å². The number of phenols is 1. The average Bonchev–Trinajstić information content (AvgIpc) is 2.42. The van der Waals surface area contributed by atoms with Gasteiger partial charge in [-0.3, -0.25) is 10.1 Å². The Labute approximate surface area is 82.5 Å². The fourth-order valence-electron chi connectivity index (χ4n) is 1.27. The van der Waals surface area contributed by atoms with E-state index in [1.165, 1.54) is 6.07 Å². The van der Waals surface area contributed by atoms with Crippen molar-refractivity contribution >= 4 is 32.1 Å². The van der Waals surface area contributed by atoms with E-state index in [9.17, 15) is 15.2 Å². The van der Waals surface area contributed by atoms with Crippen molar-refractivity contribution in [3.05, 3.63) is 28.3 Å². The number of nitrogens with zero attached hydrogens (tertiary/aromatic N) is 1. The lowest BCUT2D eigenvalue weighted by molar-refractivity contribution is -0.382. The molecular weight excluding hydrogens is 204 g/mol. The number of non-ortho nitro benzene ring substituents is 1. The van der Waals surface area contributed by atoms with Crippen LogP contribution in [0.1, 0.15) is 0 Å². The van der Waals surface area contributed by atoms with Gasteiger partial charge in [0, 0.05) is 5.39 Å². The summed E-state index contributed by atoms with van der Waals surface area (Å²) in [6.07, 6.45) is 0. The third kappa shape index (κ3) is 1.25. The molecule has 0 spiro atoms. The number of benzene rings is 1. The summed E-state index contributed by atoms with van der Waals surface area (Å²) in [5.41, 5.74) is 5.41. The van der Waals surface area contributed by atoms with Crippen LogP contribution in [-0.4, -0.2) is 10.0 Å². The van der Waals surface area contributed by atoms with Crippen molar-refractivity contribution in [1.29, 1.82) is 0 Å². The van der Waals surface area contributed by atoms with Crippen LogP contribution in [0.15, 0.2) is 18.2 Å². The summed E-state index contributed by atoms with van der Waals surface area (Å²) >= 11 is 1.14. The van der Waals surface area contributed by atoms with Crippen molar-refractivity contribution < 1.29 is 10.0 Å². The summed E-state index contributed by atoms with van der Waals surface area (Å²) in [5.74, 6) is -0.123. The maximum absolute atomic E-state index is 10.6. The summed E-state index contributed by atoms with van der Waals surface area (Å²) in [5, 5.41) is 21.0. The molecule has 0 aliphatic carbocycles. The summed E-state index contributed by atoms with van der Waals surface area (Å²) in [7, 11) is 0. The molecule has 72 valence electrons. The lowest BCUT2D eigenvalue weighted by atomic mass is 10.2. The Balaban J connectivity index is 2.85. The summed E-state index contributed by atoms with van der Waals surface area (Å²) in [4.78, 5) is 10.1. The van der Waals surface area contributed by atoms with Gasteiger partial charge in [-0.25, -0.2) is 0 Å². The van der Waals surface area contributed by atoms with Crippen LogP contribution in [0.2, 0.25) is 0 Å². The van der Waals surface area contributed by atoms with Crippen LogP contribution < -0.4 is 5.73 Å². The van der Waals surface area contributed by atoms with Crippen LogP contribution >= 0.6 is 11.3 Å². The summed E-state index contributed by atoms with van der Waals surface area (Å²) in [6, 6.07) is 4.18. The standard InChI is InChI=1S/C8H6N2O3S/c9-7-2-4-1-5(11)3-6(10(12)13)8(4)14-7/h1-3,11H,9H2. The Morgan fingerprint density at radius 3 is 2.79 bits per heavy atom. The van der Waals surface area contributed by atoms with Crippen molar-refractivity contribution in [3.8, 4) is 5.75 Å². The lowest BCUT2D eigenvalue weighted by Crippen LogP contribution is -1.87. The number of phenolic OH excluding ortho intramolecular Hbond substituents is 1. The molecule has 2 aromatic rings. The molecule has 0 unspecified atom stereocenters. The van der Waals surface area contributed by atoms with Crippen LogP contribution in [-0.2, 0) is 0 Å². The zero-order valence-corrected chi connectivity index (χ0v) is 7.75. The van der Waals surface area contributed by atoms with Crippen LogP contribution in [0.4, 0.5) is 10.7 Å². The maximum atomic E-state index is 10.6.